The van der Waals surface area contributed by atoms with E-state index in [1.807, 2.05) is 0 Å². The van der Waals surface area contributed by atoms with Crippen molar-refractivity contribution in [3.8, 4) is 0 Å². The molecular weight excluding hydrogens is 367 g/mol. The maximum atomic E-state index is 13.5. The molecule has 2 aromatic heterocycles. The summed E-state index contributed by atoms with van der Waals surface area (Å²) in [6, 6.07) is 1.56. The van der Waals surface area contributed by atoms with Crippen molar-refractivity contribution in [3.63, 3.8) is 0 Å². The number of carbonyl (C=O) groups is 1. The summed E-state index contributed by atoms with van der Waals surface area (Å²) in [4.78, 5) is 19.7. The number of anilines is 1. The van der Waals surface area contributed by atoms with Crippen LogP contribution in [0.5, 0.6) is 0 Å². The van der Waals surface area contributed by atoms with Crippen molar-refractivity contribution in [2.45, 2.75) is 57.2 Å². The van der Waals surface area contributed by atoms with Gasteiger partial charge in [-0.3, -0.25) is 4.79 Å². The minimum absolute atomic E-state index is 0.212. The van der Waals surface area contributed by atoms with Gasteiger partial charge in [0.1, 0.15) is 11.5 Å². The minimum Gasteiger partial charge on any atom is -0.356 e. The summed E-state index contributed by atoms with van der Waals surface area (Å²) in [5, 5.41) is 3.34. The highest BCUT2D eigenvalue weighted by atomic mass is 32.1. The molecule has 27 heavy (non-hydrogen) atoms. The molecule has 0 saturated heterocycles. The Labute approximate surface area is 163 Å². The van der Waals surface area contributed by atoms with E-state index in [9.17, 15) is 9.18 Å². The third kappa shape index (κ3) is 3.58. The third-order valence-electron chi connectivity index (χ3n) is 6.16. The number of rotatable bonds is 5. The fourth-order valence-electron chi connectivity index (χ4n) is 4.78. The van der Waals surface area contributed by atoms with Crippen LogP contribution in [0.4, 0.5) is 10.1 Å². The fourth-order valence-corrected chi connectivity index (χ4v) is 5.18. The van der Waals surface area contributed by atoms with E-state index < -0.39 is 12.0 Å². The molecule has 2 aliphatic carbocycles. The SMILES string of the molecule is COC(C(=O)Nc1c[nH]c2ncc(F)cc12)N(S)[C@H]1CCC2(CCCC2)C1. The number of ether oxygens (including phenoxy) is 1. The van der Waals surface area contributed by atoms with Gasteiger partial charge in [0.25, 0.3) is 5.91 Å². The molecule has 4 rings (SSSR count). The van der Waals surface area contributed by atoms with Crippen LogP contribution in [-0.2, 0) is 9.53 Å². The van der Waals surface area contributed by atoms with E-state index in [0.717, 1.165) is 19.0 Å². The molecule has 2 heterocycles. The monoisotopic (exact) mass is 392 g/mol. The number of nitrogens with zero attached hydrogens (tertiary/aromatic N) is 2. The molecule has 2 aliphatic rings. The number of fused-ring (bicyclic) bond motifs is 1. The van der Waals surface area contributed by atoms with Crippen LogP contribution in [0.2, 0.25) is 0 Å². The number of aromatic nitrogens is 2. The van der Waals surface area contributed by atoms with Crippen LogP contribution < -0.4 is 5.32 Å². The van der Waals surface area contributed by atoms with Gasteiger partial charge in [0.05, 0.1) is 11.9 Å². The van der Waals surface area contributed by atoms with Gasteiger partial charge in [-0.05, 0) is 43.6 Å². The van der Waals surface area contributed by atoms with Crippen LogP contribution >= 0.6 is 12.8 Å². The zero-order valence-corrected chi connectivity index (χ0v) is 16.3. The number of carbonyl (C=O) groups excluding carboxylic acids is 1. The second-order valence-corrected chi connectivity index (χ2v) is 8.27. The standard InChI is InChI=1S/C19H25FN4O2S/c1-26-18(24(27)13-4-7-19(9-13)5-2-3-6-19)17(25)23-15-11-22-16-14(15)8-12(20)10-21-16/h8,10-11,13,18,27H,2-7,9H2,1H3,(H,21,22)(H,23,25)/t13-,18?/m0/s1. The summed E-state index contributed by atoms with van der Waals surface area (Å²) in [6.45, 7) is 0. The highest BCUT2D eigenvalue weighted by molar-refractivity contribution is 7.77. The number of aromatic amines is 1. The van der Waals surface area contributed by atoms with Crippen LogP contribution in [0.3, 0.4) is 0 Å². The Morgan fingerprint density at radius 2 is 2.26 bits per heavy atom. The van der Waals surface area contributed by atoms with Crippen molar-refractivity contribution in [2.75, 3.05) is 12.4 Å². The number of H-pyrrole nitrogens is 1. The Kier molecular flexibility index (Phi) is 5.13. The average Bonchev–Trinajstić information content (AvgIpc) is 3.38. The third-order valence-corrected chi connectivity index (χ3v) is 6.69. The van der Waals surface area contributed by atoms with Gasteiger partial charge >= 0.3 is 0 Å². The molecule has 2 N–H and O–H groups in total. The summed E-state index contributed by atoms with van der Waals surface area (Å²) in [5.41, 5.74) is 1.42. The summed E-state index contributed by atoms with van der Waals surface area (Å²) in [6.07, 6.45) is 10.4. The van der Waals surface area contributed by atoms with E-state index in [0.29, 0.717) is 22.1 Å². The molecule has 2 fully saturated rings. The molecule has 8 heteroatoms. The molecule has 2 saturated carbocycles. The number of amides is 1. The van der Waals surface area contributed by atoms with Crippen molar-refractivity contribution < 1.29 is 13.9 Å². The zero-order chi connectivity index (χ0) is 19.0. The Balaban J connectivity index is 1.46. The lowest BCUT2D eigenvalue weighted by Crippen LogP contribution is -2.45. The van der Waals surface area contributed by atoms with Gasteiger partial charge in [0.2, 0.25) is 0 Å². The lowest BCUT2D eigenvalue weighted by Gasteiger charge is -2.31. The first-order chi connectivity index (χ1) is 13.0. The van der Waals surface area contributed by atoms with Crippen molar-refractivity contribution >= 4 is 35.4 Å². The van der Waals surface area contributed by atoms with Crippen molar-refractivity contribution in [3.05, 3.63) is 24.3 Å². The first-order valence-corrected chi connectivity index (χ1v) is 9.85. The topological polar surface area (TPSA) is 70.2 Å². The van der Waals surface area contributed by atoms with E-state index in [1.165, 1.54) is 45.3 Å². The van der Waals surface area contributed by atoms with Gasteiger partial charge < -0.3 is 15.0 Å². The van der Waals surface area contributed by atoms with Gasteiger partial charge in [0.15, 0.2) is 6.23 Å². The summed E-state index contributed by atoms with van der Waals surface area (Å²) < 4.78 is 20.7. The predicted molar refractivity (Wildman–Crippen MR) is 105 cm³/mol. The molecule has 0 bridgehead atoms. The number of nitrogens with one attached hydrogen (secondary N) is 2. The summed E-state index contributed by atoms with van der Waals surface area (Å²) in [7, 11) is 1.50. The first kappa shape index (κ1) is 18.7. The molecule has 2 aromatic rings. The van der Waals surface area contributed by atoms with Gasteiger partial charge in [-0.25, -0.2) is 13.7 Å². The molecule has 0 radical (unpaired) electrons. The number of halogens is 1. The Hall–Kier alpha value is -1.64. The van der Waals surface area contributed by atoms with Crippen molar-refractivity contribution in [1.82, 2.24) is 14.3 Å². The molecule has 1 unspecified atom stereocenters. The molecule has 0 aromatic carbocycles. The van der Waals surface area contributed by atoms with E-state index in [-0.39, 0.29) is 11.9 Å². The number of methoxy groups -OCH3 is 1. The van der Waals surface area contributed by atoms with Gasteiger partial charge in [-0.1, -0.05) is 25.7 Å². The second kappa shape index (κ2) is 7.41. The molecule has 1 amide bonds. The van der Waals surface area contributed by atoms with Crippen molar-refractivity contribution in [2.24, 2.45) is 5.41 Å². The second-order valence-electron chi connectivity index (χ2n) is 7.81. The van der Waals surface area contributed by atoms with Crippen LogP contribution in [-0.4, -0.2) is 39.6 Å². The van der Waals surface area contributed by atoms with Gasteiger partial charge in [-0.15, -0.1) is 0 Å². The van der Waals surface area contributed by atoms with Gasteiger partial charge in [0, 0.05) is 24.7 Å². The van der Waals surface area contributed by atoms with E-state index >= 15 is 0 Å². The first-order valence-electron chi connectivity index (χ1n) is 9.45. The number of thiol groups is 1. The molecule has 146 valence electrons. The number of pyridine rings is 1. The van der Waals surface area contributed by atoms with E-state index in [2.05, 4.69) is 28.1 Å². The zero-order valence-electron chi connectivity index (χ0n) is 15.4. The average molecular weight is 393 g/mol. The fraction of sp³-hybridized carbons (Fsp3) is 0.579. The molecule has 1 spiro atoms. The number of hydrogen-bond acceptors (Lipinski definition) is 5. The maximum absolute atomic E-state index is 13.5. The van der Waals surface area contributed by atoms with E-state index in [1.54, 1.807) is 10.5 Å². The predicted octanol–water partition coefficient (Wildman–Crippen LogP) is 3.87. The maximum Gasteiger partial charge on any atom is 0.269 e. The smallest absolute Gasteiger partial charge is 0.269 e. The van der Waals surface area contributed by atoms with Gasteiger partial charge in [-0.2, -0.15) is 0 Å². The normalized spacial score (nSPS) is 22.7. The molecular formula is C19H25FN4O2S. The lowest BCUT2D eigenvalue weighted by molar-refractivity contribution is -0.133. The van der Waals surface area contributed by atoms with Crippen LogP contribution in [0.15, 0.2) is 18.5 Å². The van der Waals surface area contributed by atoms with Crippen molar-refractivity contribution in [1.29, 1.82) is 0 Å². The highest BCUT2D eigenvalue weighted by Crippen LogP contribution is 2.52. The van der Waals surface area contributed by atoms with Crippen LogP contribution in [0.25, 0.3) is 11.0 Å². The molecule has 0 aliphatic heterocycles. The van der Waals surface area contributed by atoms with E-state index in [4.69, 9.17) is 4.74 Å². The van der Waals surface area contributed by atoms with Crippen LogP contribution in [0.1, 0.15) is 44.9 Å². The van der Waals surface area contributed by atoms with Crippen LogP contribution in [0, 0.1) is 11.2 Å². The summed E-state index contributed by atoms with van der Waals surface area (Å²) >= 11 is 4.62. The summed E-state index contributed by atoms with van der Waals surface area (Å²) in [5.74, 6) is -0.783. The minimum atomic E-state index is -0.818. The molecule has 2 atom stereocenters. The quantitative estimate of drug-likeness (QED) is 0.534. The highest BCUT2D eigenvalue weighted by Gasteiger charge is 2.44. The largest absolute Gasteiger partial charge is 0.356 e. The number of hydrogen-bond donors (Lipinski definition) is 3. The Morgan fingerprint density at radius 3 is 3.00 bits per heavy atom. The lowest BCUT2D eigenvalue weighted by atomic mass is 9.84. The molecule has 6 nitrogen and oxygen atoms in total. The Bertz CT molecular complexity index is 836. The Morgan fingerprint density at radius 1 is 1.48 bits per heavy atom.